The van der Waals surface area contributed by atoms with Gasteiger partial charge in [-0.05, 0) is 42.8 Å². The van der Waals surface area contributed by atoms with Crippen LogP contribution in [0.15, 0.2) is 53.9 Å². The molecule has 0 unspecified atom stereocenters. The Morgan fingerprint density at radius 3 is 2.67 bits per heavy atom. The monoisotopic (exact) mass is 386 g/mol. The smallest absolute Gasteiger partial charge is 0.248 e. The van der Waals surface area contributed by atoms with Gasteiger partial charge in [0.1, 0.15) is 24.0 Å². The number of carbonyl (C=O) groups is 1. The van der Waals surface area contributed by atoms with Crippen LogP contribution < -0.4 is 10.1 Å². The molecule has 1 N–H and O–H groups in total. The maximum Gasteiger partial charge on any atom is 0.248 e. The molecule has 27 heavy (non-hydrogen) atoms. The normalized spacial score (nSPS) is 10.9. The lowest BCUT2D eigenvalue weighted by Gasteiger charge is -2.05. The molecule has 0 aliphatic carbocycles. The van der Waals surface area contributed by atoms with Crippen LogP contribution in [0.4, 0.5) is 14.5 Å². The van der Waals surface area contributed by atoms with E-state index < -0.39 is 17.5 Å². The molecule has 0 saturated heterocycles. The van der Waals surface area contributed by atoms with Crippen molar-refractivity contribution in [3.63, 3.8) is 0 Å². The van der Waals surface area contributed by atoms with E-state index in [9.17, 15) is 13.6 Å². The van der Waals surface area contributed by atoms with Crippen molar-refractivity contribution in [1.29, 1.82) is 0 Å². The minimum absolute atomic E-state index is 0.0768. The molecule has 0 fully saturated rings. The number of hydrogen-bond donors (Lipinski definition) is 1. The first-order valence-electron chi connectivity index (χ1n) is 8.07. The number of aromatic nitrogens is 1. The molecule has 0 aliphatic heterocycles. The molecule has 1 amide bonds. The molecule has 0 spiro atoms. The number of hydrogen-bond acceptors (Lipinski definition) is 4. The van der Waals surface area contributed by atoms with Crippen molar-refractivity contribution in [2.75, 3.05) is 5.32 Å². The zero-order valence-electron chi connectivity index (χ0n) is 14.4. The minimum atomic E-state index is -0.825. The van der Waals surface area contributed by atoms with E-state index in [2.05, 4.69) is 10.3 Å². The number of aryl methyl sites for hydroxylation is 1. The van der Waals surface area contributed by atoms with Crippen molar-refractivity contribution in [3.05, 3.63) is 81.8 Å². The molecule has 7 heteroatoms. The first-order chi connectivity index (χ1) is 13.0. The lowest BCUT2D eigenvalue weighted by atomic mass is 10.2. The van der Waals surface area contributed by atoms with E-state index in [0.717, 1.165) is 22.3 Å². The molecule has 0 atom stereocenters. The van der Waals surface area contributed by atoms with Gasteiger partial charge in [0.05, 0.1) is 16.4 Å². The highest BCUT2D eigenvalue weighted by Crippen LogP contribution is 2.17. The van der Waals surface area contributed by atoms with Gasteiger partial charge in [-0.2, -0.15) is 0 Å². The van der Waals surface area contributed by atoms with Crippen molar-refractivity contribution in [2.45, 2.75) is 13.5 Å². The second kappa shape index (κ2) is 8.55. The summed E-state index contributed by atoms with van der Waals surface area (Å²) in [7, 11) is 0. The molecule has 3 aromatic rings. The maximum absolute atomic E-state index is 13.5. The van der Waals surface area contributed by atoms with E-state index in [1.807, 2.05) is 12.3 Å². The van der Waals surface area contributed by atoms with Crippen LogP contribution in [-0.2, 0) is 11.4 Å². The lowest BCUT2D eigenvalue weighted by molar-refractivity contribution is -0.111. The highest BCUT2D eigenvalue weighted by atomic mass is 32.1. The number of benzene rings is 2. The topological polar surface area (TPSA) is 51.2 Å². The molecule has 0 aliphatic rings. The standard InChI is InChI=1S/C20H16F2N2O2S/c1-13-23-16(12-27-13)11-26-17-6-2-14(3-7-17)4-9-20(25)24-19-8-5-15(21)10-18(19)22/h2-10,12H,11H2,1H3,(H,24,25)/b9-4+. The molecular weight excluding hydrogens is 370 g/mol. The predicted molar refractivity (Wildman–Crippen MR) is 102 cm³/mol. The van der Waals surface area contributed by atoms with Crippen LogP contribution in [0.5, 0.6) is 5.75 Å². The molecule has 2 aromatic carbocycles. The number of nitrogens with zero attached hydrogens (tertiary/aromatic N) is 1. The van der Waals surface area contributed by atoms with Crippen molar-refractivity contribution in [2.24, 2.45) is 0 Å². The van der Waals surface area contributed by atoms with E-state index in [-0.39, 0.29) is 5.69 Å². The number of anilines is 1. The number of halogens is 2. The number of thiazole rings is 1. The maximum atomic E-state index is 13.5. The molecule has 4 nitrogen and oxygen atoms in total. The minimum Gasteiger partial charge on any atom is -0.487 e. The Balaban J connectivity index is 1.54. The average Bonchev–Trinajstić information content (AvgIpc) is 3.07. The van der Waals surface area contributed by atoms with Gasteiger partial charge in [-0.1, -0.05) is 12.1 Å². The Hall–Kier alpha value is -3.06. The Morgan fingerprint density at radius 2 is 2.00 bits per heavy atom. The highest BCUT2D eigenvalue weighted by Gasteiger charge is 2.06. The summed E-state index contributed by atoms with van der Waals surface area (Å²) in [6.45, 7) is 2.33. The van der Waals surface area contributed by atoms with Crippen LogP contribution in [0.1, 0.15) is 16.3 Å². The van der Waals surface area contributed by atoms with Gasteiger partial charge < -0.3 is 10.1 Å². The summed E-state index contributed by atoms with van der Waals surface area (Å²) < 4.78 is 32.0. The largest absolute Gasteiger partial charge is 0.487 e. The molecule has 0 bridgehead atoms. The second-order valence-corrected chi connectivity index (χ2v) is 6.72. The summed E-state index contributed by atoms with van der Waals surface area (Å²) in [6, 6.07) is 10.1. The first-order valence-corrected chi connectivity index (χ1v) is 8.95. The third-order valence-electron chi connectivity index (χ3n) is 3.55. The number of amides is 1. The van der Waals surface area contributed by atoms with Gasteiger partial charge in [0.25, 0.3) is 0 Å². The predicted octanol–water partition coefficient (Wildman–Crippen LogP) is 4.96. The fourth-order valence-corrected chi connectivity index (χ4v) is 2.84. The fraction of sp³-hybridized carbons (Fsp3) is 0.100. The number of carbonyl (C=O) groups excluding carboxylic acids is 1. The Kier molecular flexibility index (Phi) is 5.93. The Bertz CT molecular complexity index is 968. The van der Waals surface area contributed by atoms with Crippen molar-refractivity contribution >= 4 is 29.0 Å². The van der Waals surface area contributed by atoms with Gasteiger partial charge in [0, 0.05) is 17.5 Å². The Morgan fingerprint density at radius 1 is 1.22 bits per heavy atom. The van der Waals surface area contributed by atoms with Gasteiger partial charge in [-0.3, -0.25) is 4.79 Å². The number of nitrogens with one attached hydrogen (secondary N) is 1. The van der Waals surface area contributed by atoms with Gasteiger partial charge >= 0.3 is 0 Å². The fourth-order valence-electron chi connectivity index (χ4n) is 2.24. The third-order valence-corrected chi connectivity index (χ3v) is 4.37. The van der Waals surface area contributed by atoms with E-state index in [0.29, 0.717) is 18.4 Å². The quantitative estimate of drug-likeness (QED) is 0.609. The third kappa shape index (κ3) is 5.46. The summed E-state index contributed by atoms with van der Waals surface area (Å²) in [6.07, 6.45) is 2.86. The van der Waals surface area contributed by atoms with Crippen LogP contribution in [-0.4, -0.2) is 10.9 Å². The van der Waals surface area contributed by atoms with Gasteiger partial charge in [-0.15, -0.1) is 11.3 Å². The van der Waals surface area contributed by atoms with Gasteiger partial charge in [0.2, 0.25) is 5.91 Å². The Labute approximate surface area is 159 Å². The van der Waals surface area contributed by atoms with E-state index in [1.54, 1.807) is 41.7 Å². The zero-order chi connectivity index (χ0) is 19.2. The summed E-state index contributed by atoms with van der Waals surface area (Å²) in [5.41, 5.74) is 1.58. The van der Waals surface area contributed by atoms with Gasteiger partial charge in [0.15, 0.2) is 0 Å². The van der Waals surface area contributed by atoms with E-state index in [1.165, 1.54) is 12.1 Å². The summed E-state index contributed by atoms with van der Waals surface area (Å²) in [5.74, 6) is -1.35. The second-order valence-electron chi connectivity index (χ2n) is 5.66. The van der Waals surface area contributed by atoms with Crippen LogP contribution in [0.3, 0.4) is 0 Å². The highest BCUT2D eigenvalue weighted by molar-refractivity contribution is 7.09. The van der Waals surface area contributed by atoms with Crippen LogP contribution in [0.25, 0.3) is 6.08 Å². The van der Waals surface area contributed by atoms with Crippen LogP contribution in [0.2, 0.25) is 0 Å². The molecule has 138 valence electrons. The molecule has 0 radical (unpaired) electrons. The number of rotatable bonds is 6. The zero-order valence-corrected chi connectivity index (χ0v) is 15.2. The van der Waals surface area contributed by atoms with E-state index >= 15 is 0 Å². The molecule has 1 heterocycles. The van der Waals surface area contributed by atoms with Crippen LogP contribution in [0, 0.1) is 18.6 Å². The van der Waals surface area contributed by atoms with Crippen molar-refractivity contribution in [3.8, 4) is 5.75 Å². The summed E-state index contributed by atoms with van der Waals surface area (Å²) in [4.78, 5) is 16.2. The molecule has 1 aromatic heterocycles. The summed E-state index contributed by atoms with van der Waals surface area (Å²) in [5, 5.41) is 5.31. The van der Waals surface area contributed by atoms with Crippen molar-refractivity contribution in [1.82, 2.24) is 4.98 Å². The summed E-state index contributed by atoms with van der Waals surface area (Å²) >= 11 is 1.57. The molecule has 3 rings (SSSR count). The van der Waals surface area contributed by atoms with Crippen molar-refractivity contribution < 1.29 is 18.3 Å². The lowest BCUT2D eigenvalue weighted by Crippen LogP contribution is -2.09. The average molecular weight is 386 g/mol. The SMILES string of the molecule is Cc1nc(COc2ccc(/C=C/C(=O)Nc3ccc(F)cc3F)cc2)cs1. The van der Waals surface area contributed by atoms with Gasteiger partial charge in [-0.25, -0.2) is 13.8 Å². The number of ether oxygens (including phenoxy) is 1. The van der Waals surface area contributed by atoms with Crippen LogP contribution >= 0.6 is 11.3 Å². The molecule has 0 saturated carbocycles. The van der Waals surface area contributed by atoms with E-state index in [4.69, 9.17) is 4.74 Å². The molecular formula is C20H16F2N2O2S. The first kappa shape index (κ1) is 18.7.